The molecule has 6 heteroatoms. The minimum atomic E-state index is -4.83. The smallest absolute Gasteiger partial charge is 0.392 e. The molecule has 1 aromatic carbocycles. The highest BCUT2D eigenvalue weighted by Gasteiger charge is 2.35. The summed E-state index contributed by atoms with van der Waals surface area (Å²) in [5.74, 6) is -1.59. The number of nitrogens with zero attached hydrogens (tertiary/aromatic N) is 1. The molecule has 0 aromatic heterocycles. The maximum absolute atomic E-state index is 13.2. The van der Waals surface area contributed by atoms with Gasteiger partial charge in [0.2, 0.25) is 0 Å². The largest absolute Gasteiger partial charge is 0.419 e. The molecule has 80 valence electrons. The Morgan fingerprint density at radius 3 is 2.33 bits per heavy atom. The van der Waals surface area contributed by atoms with Gasteiger partial charge in [0.1, 0.15) is 5.82 Å². The predicted octanol–water partition coefficient (Wildman–Crippen LogP) is 2.21. The number of aliphatic hydroxyl groups is 1. The van der Waals surface area contributed by atoms with Crippen molar-refractivity contribution in [2.45, 2.75) is 12.8 Å². The number of halogens is 4. The van der Waals surface area contributed by atoms with E-state index >= 15 is 0 Å². The van der Waals surface area contributed by atoms with E-state index in [1.165, 1.54) is 6.07 Å². The first-order valence-corrected chi connectivity index (χ1v) is 3.81. The van der Waals surface area contributed by atoms with E-state index in [1.807, 2.05) is 0 Å². The lowest BCUT2D eigenvalue weighted by Gasteiger charge is -2.10. The Bertz CT molecular complexity index is 419. The minimum absolute atomic E-state index is 0.303. The first-order valence-electron chi connectivity index (χ1n) is 3.81. The maximum atomic E-state index is 13.2. The lowest BCUT2D eigenvalue weighted by molar-refractivity contribution is -0.140. The fourth-order valence-corrected chi connectivity index (χ4v) is 1.10. The topological polar surface area (TPSA) is 44.0 Å². The van der Waals surface area contributed by atoms with Gasteiger partial charge in [-0.05, 0) is 12.1 Å². The van der Waals surface area contributed by atoms with Crippen LogP contribution in [-0.4, -0.2) is 5.11 Å². The summed E-state index contributed by atoms with van der Waals surface area (Å²) in [6, 6.07) is 2.81. The van der Waals surface area contributed by atoms with E-state index in [9.17, 15) is 17.6 Å². The summed E-state index contributed by atoms with van der Waals surface area (Å²) in [5, 5.41) is 17.1. The molecule has 1 N–H and O–H groups in total. The highest BCUT2D eigenvalue weighted by Crippen LogP contribution is 2.33. The fourth-order valence-electron chi connectivity index (χ4n) is 1.10. The number of hydrogen-bond acceptors (Lipinski definition) is 2. The van der Waals surface area contributed by atoms with Crippen molar-refractivity contribution in [1.29, 1.82) is 5.26 Å². The van der Waals surface area contributed by atoms with Gasteiger partial charge in [-0.15, -0.1) is 0 Å². The molecule has 0 aliphatic heterocycles. The third-order valence-corrected chi connectivity index (χ3v) is 1.83. The molecule has 1 aromatic rings. The summed E-state index contributed by atoms with van der Waals surface area (Å²) >= 11 is 0. The van der Waals surface area contributed by atoms with E-state index in [1.54, 1.807) is 0 Å². The third kappa shape index (κ3) is 2.07. The van der Waals surface area contributed by atoms with Crippen LogP contribution >= 0.6 is 0 Å². The van der Waals surface area contributed by atoms with Crippen molar-refractivity contribution in [2.75, 3.05) is 0 Å². The van der Waals surface area contributed by atoms with Crippen molar-refractivity contribution in [3.05, 3.63) is 34.6 Å². The van der Waals surface area contributed by atoms with Crippen LogP contribution in [0, 0.1) is 17.1 Å². The lowest BCUT2D eigenvalue weighted by atomic mass is 10.0. The van der Waals surface area contributed by atoms with Crippen LogP contribution in [0.25, 0.3) is 0 Å². The second-order valence-electron chi connectivity index (χ2n) is 2.72. The van der Waals surface area contributed by atoms with Gasteiger partial charge in [0.15, 0.2) is 0 Å². The quantitative estimate of drug-likeness (QED) is 0.736. The van der Waals surface area contributed by atoms with E-state index in [0.29, 0.717) is 6.07 Å². The van der Waals surface area contributed by atoms with Gasteiger partial charge in [0.05, 0.1) is 23.8 Å². The zero-order valence-electron chi connectivity index (χ0n) is 7.27. The van der Waals surface area contributed by atoms with Gasteiger partial charge in [0.25, 0.3) is 0 Å². The van der Waals surface area contributed by atoms with Crippen molar-refractivity contribution in [1.82, 2.24) is 0 Å². The summed E-state index contributed by atoms with van der Waals surface area (Å²) in [6.07, 6.45) is -4.83. The maximum Gasteiger partial charge on any atom is 0.419 e. The summed E-state index contributed by atoms with van der Waals surface area (Å²) in [6.45, 7) is -0.946. The van der Waals surface area contributed by atoms with Crippen LogP contribution in [0.3, 0.4) is 0 Å². The van der Waals surface area contributed by atoms with Gasteiger partial charge in [-0.3, -0.25) is 0 Å². The number of rotatable bonds is 1. The molecule has 0 unspecified atom stereocenters. The van der Waals surface area contributed by atoms with Gasteiger partial charge in [-0.1, -0.05) is 0 Å². The molecule has 0 heterocycles. The van der Waals surface area contributed by atoms with Crippen LogP contribution in [0.15, 0.2) is 12.1 Å². The SMILES string of the molecule is N#Cc1ccc(C(F)(F)F)c(F)c1CO. The first-order chi connectivity index (χ1) is 6.91. The molecular weight excluding hydrogens is 214 g/mol. The normalized spacial score (nSPS) is 11.2. The molecule has 0 saturated carbocycles. The summed E-state index contributed by atoms with van der Waals surface area (Å²) in [7, 11) is 0. The monoisotopic (exact) mass is 219 g/mol. The van der Waals surface area contributed by atoms with Gasteiger partial charge in [-0.2, -0.15) is 18.4 Å². The molecule has 0 saturated heterocycles. The van der Waals surface area contributed by atoms with E-state index in [2.05, 4.69) is 0 Å². The molecule has 0 amide bonds. The Morgan fingerprint density at radius 1 is 1.33 bits per heavy atom. The molecule has 2 nitrogen and oxygen atoms in total. The van der Waals surface area contributed by atoms with Crippen molar-refractivity contribution in [3.63, 3.8) is 0 Å². The average Bonchev–Trinajstić information content (AvgIpc) is 2.15. The van der Waals surface area contributed by atoms with E-state index in [4.69, 9.17) is 10.4 Å². The van der Waals surface area contributed by atoms with E-state index in [-0.39, 0.29) is 5.56 Å². The molecule has 0 aliphatic rings. The second kappa shape index (κ2) is 3.87. The molecule has 1 rings (SSSR count). The van der Waals surface area contributed by atoms with E-state index in [0.717, 1.165) is 6.07 Å². The molecule has 0 radical (unpaired) electrons. The van der Waals surface area contributed by atoms with Gasteiger partial charge in [-0.25, -0.2) is 4.39 Å². The summed E-state index contributed by atoms with van der Waals surface area (Å²) < 4.78 is 49.8. The van der Waals surface area contributed by atoms with Crippen molar-refractivity contribution in [3.8, 4) is 6.07 Å². The number of aliphatic hydroxyl groups excluding tert-OH is 1. The van der Waals surface area contributed by atoms with E-state index < -0.39 is 29.7 Å². The average molecular weight is 219 g/mol. The van der Waals surface area contributed by atoms with Crippen molar-refractivity contribution < 1.29 is 22.7 Å². The van der Waals surface area contributed by atoms with Crippen LogP contribution in [0.2, 0.25) is 0 Å². The predicted molar refractivity (Wildman–Crippen MR) is 42.0 cm³/mol. The summed E-state index contributed by atoms with van der Waals surface area (Å²) in [4.78, 5) is 0. The summed E-state index contributed by atoms with van der Waals surface area (Å²) in [5.41, 5.74) is -2.42. The lowest BCUT2D eigenvalue weighted by Crippen LogP contribution is -2.11. The Kier molecular flexibility index (Phi) is 2.95. The number of hydrogen-bond donors (Lipinski definition) is 1. The molecule has 0 bridgehead atoms. The Morgan fingerprint density at radius 2 is 1.93 bits per heavy atom. The molecule has 0 atom stereocenters. The van der Waals surface area contributed by atoms with Gasteiger partial charge < -0.3 is 5.11 Å². The van der Waals surface area contributed by atoms with Gasteiger partial charge >= 0.3 is 6.18 Å². The van der Waals surface area contributed by atoms with Crippen LogP contribution in [0.5, 0.6) is 0 Å². The van der Waals surface area contributed by atoms with Crippen LogP contribution in [-0.2, 0) is 12.8 Å². The Hall–Kier alpha value is -1.61. The van der Waals surface area contributed by atoms with Crippen molar-refractivity contribution in [2.24, 2.45) is 0 Å². The molecule has 15 heavy (non-hydrogen) atoms. The minimum Gasteiger partial charge on any atom is -0.392 e. The zero-order valence-corrected chi connectivity index (χ0v) is 7.27. The molecule has 0 aliphatic carbocycles. The number of nitriles is 1. The van der Waals surface area contributed by atoms with Crippen LogP contribution in [0.1, 0.15) is 16.7 Å². The second-order valence-corrected chi connectivity index (χ2v) is 2.72. The first kappa shape index (κ1) is 11.5. The third-order valence-electron chi connectivity index (χ3n) is 1.83. The van der Waals surface area contributed by atoms with Crippen molar-refractivity contribution >= 4 is 0 Å². The van der Waals surface area contributed by atoms with Crippen LogP contribution in [0.4, 0.5) is 17.6 Å². The Balaban J connectivity index is 3.44. The number of benzene rings is 1. The highest BCUT2D eigenvalue weighted by atomic mass is 19.4. The molecular formula is C9H5F4NO. The zero-order chi connectivity index (χ0) is 11.6. The molecule has 0 fully saturated rings. The van der Waals surface area contributed by atoms with Crippen LogP contribution < -0.4 is 0 Å². The fraction of sp³-hybridized carbons (Fsp3) is 0.222. The van der Waals surface area contributed by atoms with Gasteiger partial charge in [0, 0.05) is 5.56 Å². The molecule has 0 spiro atoms. The number of alkyl halides is 3. The highest BCUT2D eigenvalue weighted by molar-refractivity contribution is 5.42. The Labute approximate surface area is 82.4 Å². The standard InChI is InChI=1S/C9H5F4NO/c10-8-6(4-15)5(3-14)1-2-7(8)9(11,12)13/h1-2,15H,4H2.